The molecule has 0 heterocycles. The Balaban J connectivity index is 2.44. The number of para-hydroxylation sites is 1. The molecule has 2 aromatic carbocycles. The van der Waals surface area contributed by atoms with Crippen molar-refractivity contribution >= 4 is 5.97 Å². The first kappa shape index (κ1) is 13.9. The highest BCUT2D eigenvalue weighted by Gasteiger charge is 2.19. The summed E-state index contributed by atoms with van der Waals surface area (Å²) in [6.45, 7) is 3.58. The molecule has 0 atom stereocenters. The lowest BCUT2D eigenvalue weighted by atomic mass is 10.0. The maximum Gasteiger partial charge on any atom is 0.341 e. The molecule has 0 spiro atoms. The second-order valence-electron chi connectivity index (χ2n) is 4.43. The summed E-state index contributed by atoms with van der Waals surface area (Å²) >= 11 is 0. The highest BCUT2D eigenvalue weighted by molar-refractivity contribution is 5.94. The second kappa shape index (κ2) is 5.65. The second-order valence-corrected chi connectivity index (χ2v) is 4.43. The van der Waals surface area contributed by atoms with Crippen molar-refractivity contribution in [1.82, 2.24) is 0 Å². The fourth-order valence-electron chi connectivity index (χ4n) is 1.95. The summed E-state index contributed by atoms with van der Waals surface area (Å²) in [4.78, 5) is 11.7. The Morgan fingerprint density at radius 1 is 1.10 bits per heavy atom. The van der Waals surface area contributed by atoms with E-state index in [2.05, 4.69) is 4.74 Å². The van der Waals surface area contributed by atoms with Gasteiger partial charge in [0.05, 0.1) is 7.11 Å². The van der Waals surface area contributed by atoms with Crippen molar-refractivity contribution in [2.24, 2.45) is 0 Å². The highest BCUT2D eigenvalue weighted by Crippen LogP contribution is 2.35. The van der Waals surface area contributed by atoms with Crippen LogP contribution < -0.4 is 4.74 Å². The SMILES string of the molecule is COC(=O)c1c(O)cc(Oc2ccccc2)c(C)c1C. The molecule has 0 aliphatic heterocycles. The molecule has 4 nitrogen and oxygen atoms in total. The number of methoxy groups -OCH3 is 1. The van der Waals surface area contributed by atoms with Crippen LogP contribution in [0.1, 0.15) is 21.5 Å². The number of benzene rings is 2. The van der Waals surface area contributed by atoms with E-state index in [1.165, 1.54) is 13.2 Å². The van der Waals surface area contributed by atoms with E-state index in [1.807, 2.05) is 37.3 Å². The maximum absolute atomic E-state index is 11.7. The van der Waals surface area contributed by atoms with E-state index in [0.717, 1.165) is 5.56 Å². The molecule has 0 radical (unpaired) electrons. The molecule has 2 aromatic rings. The molecule has 0 aliphatic rings. The smallest absolute Gasteiger partial charge is 0.341 e. The summed E-state index contributed by atoms with van der Waals surface area (Å²) in [6.07, 6.45) is 0. The van der Waals surface area contributed by atoms with Crippen molar-refractivity contribution in [2.45, 2.75) is 13.8 Å². The fourth-order valence-corrected chi connectivity index (χ4v) is 1.95. The zero-order valence-corrected chi connectivity index (χ0v) is 11.6. The van der Waals surface area contributed by atoms with Crippen molar-refractivity contribution in [3.8, 4) is 17.2 Å². The molecular formula is C16H16O4. The van der Waals surface area contributed by atoms with Gasteiger partial charge in [-0.1, -0.05) is 18.2 Å². The standard InChI is InChI=1S/C16H16O4/c1-10-11(2)15(16(18)19-3)13(17)9-14(10)20-12-7-5-4-6-8-12/h4-9,17H,1-3H3. The molecule has 0 fully saturated rings. The number of hydrogen-bond donors (Lipinski definition) is 1. The van der Waals surface area contributed by atoms with Gasteiger partial charge in [0.15, 0.2) is 0 Å². The normalized spacial score (nSPS) is 10.2. The van der Waals surface area contributed by atoms with E-state index in [0.29, 0.717) is 17.1 Å². The van der Waals surface area contributed by atoms with Gasteiger partial charge in [0.25, 0.3) is 0 Å². The molecular weight excluding hydrogens is 256 g/mol. The summed E-state index contributed by atoms with van der Waals surface area (Å²) < 4.78 is 10.4. The molecule has 1 N–H and O–H groups in total. The van der Waals surface area contributed by atoms with Gasteiger partial charge >= 0.3 is 5.97 Å². The lowest BCUT2D eigenvalue weighted by Crippen LogP contribution is -2.06. The zero-order valence-electron chi connectivity index (χ0n) is 11.6. The van der Waals surface area contributed by atoms with Crippen molar-refractivity contribution in [3.05, 3.63) is 53.1 Å². The topological polar surface area (TPSA) is 55.8 Å². The Bertz CT molecular complexity index is 633. The van der Waals surface area contributed by atoms with E-state index in [-0.39, 0.29) is 11.3 Å². The number of carbonyl (C=O) groups is 1. The van der Waals surface area contributed by atoms with Gasteiger partial charge in [-0.15, -0.1) is 0 Å². The number of carbonyl (C=O) groups excluding carboxylic acids is 1. The quantitative estimate of drug-likeness (QED) is 0.867. The van der Waals surface area contributed by atoms with Crippen LogP contribution in [-0.2, 0) is 4.74 Å². The third kappa shape index (κ3) is 2.59. The summed E-state index contributed by atoms with van der Waals surface area (Å²) in [5.74, 6) is 0.472. The lowest BCUT2D eigenvalue weighted by molar-refractivity contribution is 0.0596. The number of phenols is 1. The van der Waals surface area contributed by atoms with Gasteiger partial charge in [0.2, 0.25) is 0 Å². The predicted octanol–water partition coefficient (Wildman–Crippen LogP) is 3.59. The molecule has 4 heteroatoms. The van der Waals surface area contributed by atoms with Crippen LogP contribution in [0.2, 0.25) is 0 Å². The summed E-state index contributed by atoms with van der Waals surface area (Å²) in [5.41, 5.74) is 1.60. The van der Waals surface area contributed by atoms with Gasteiger partial charge in [-0.25, -0.2) is 4.79 Å². The minimum atomic E-state index is -0.561. The van der Waals surface area contributed by atoms with Crippen LogP contribution in [0.4, 0.5) is 0 Å². The van der Waals surface area contributed by atoms with Crippen LogP contribution in [0.15, 0.2) is 36.4 Å². The largest absolute Gasteiger partial charge is 0.507 e. The Hall–Kier alpha value is -2.49. The molecule has 0 bridgehead atoms. The first-order chi connectivity index (χ1) is 9.54. The summed E-state index contributed by atoms with van der Waals surface area (Å²) in [5, 5.41) is 10.00. The zero-order chi connectivity index (χ0) is 14.7. The van der Waals surface area contributed by atoms with Crippen LogP contribution in [0, 0.1) is 13.8 Å². The third-order valence-electron chi connectivity index (χ3n) is 3.19. The van der Waals surface area contributed by atoms with E-state index in [4.69, 9.17) is 4.74 Å². The number of aromatic hydroxyl groups is 1. The van der Waals surface area contributed by atoms with E-state index >= 15 is 0 Å². The highest BCUT2D eigenvalue weighted by atomic mass is 16.5. The van der Waals surface area contributed by atoms with Crippen molar-refractivity contribution in [3.63, 3.8) is 0 Å². The molecule has 0 amide bonds. The lowest BCUT2D eigenvalue weighted by Gasteiger charge is -2.14. The molecule has 0 unspecified atom stereocenters. The number of ether oxygens (including phenoxy) is 2. The number of esters is 1. The van der Waals surface area contributed by atoms with Crippen LogP contribution in [0.3, 0.4) is 0 Å². The Morgan fingerprint density at radius 2 is 1.75 bits per heavy atom. The minimum Gasteiger partial charge on any atom is -0.507 e. The van der Waals surface area contributed by atoms with E-state index in [1.54, 1.807) is 6.92 Å². The van der Waals surface area contributed by atoms with Crippen LogP contribution >= 0.6 is 0 Å². The third-order valence-corrected chi connectivity index (χ3v) is 3.19. The average Bonchev–Trinajstić information content (AvgIpc) is 2.45. The Labute approximate surface area is 117 Å². The first-order valence-corrected chi connectivity index (χ1v) is 6.19. The Kier molecular flexibility index (Phi) is 3.94. The average molecular weight is 272 g/mol. The molecule has 0 saturated carbocycles. The van der Waals surface area contributed by atoms with Gasteiger partial charge in [-0.2, -0.15) is 0 Å². The first-order valence-electron chi connectivity index (χ1n) is 6.19. The van der Waals surface area contributed by atoms with Gasteiger partial charge < -0.3 is 14.6 Å². The van der Waals surface area contributed by atoms with Gasteiger partial charge in [0, 0.05) is 6.07 Å². The summed E-state index contributed by atoms with van der Waals surface area (Å²) in [7, 11) is 1.28. The summed E-state index contributed by atoms with van der Waals surface area (Å²) in [6, 6.07) is 10.7. The Morgan fingerprint density at radius 3 is 2.35 bits per heavy atom. The molecule has 104 valence electrons. The molecule has 2 rings (SSSR count). The minimum absolute atomic E-state index is 0.147. The van der Waals surface area contributed by atoms with Crippen LogP contribution in [0.5, 0.6) is 17.2 Å². The van der Waals surface area contributed by atoms with Crippen LogP contribution in [0.25, 0.3) is 0 Å². The predicted molar refractivity (Wildman–Crippen MR) is 75.4 cm³/mol. The maximum atomic E-state index is 11.7. The van der Waals surface area contributed by atoms with Crippen LogP contribution in [-0.4, -0.2) is 18.2 Å². The number of rotatable bonds is 3. The van der Waals surface area contributed by atoms with E-state index < -0.39 is 5.97 Å². The number of hydrogen-bond acceptors (Lipinski definition) is 4. The van der Waals surface area contributed by atoms with Crippen molar-refractivity contribution in [1.29, 1.82) is 0 Å². The molecule has 0 aliphatic carbocycles. The molecule has 0 saturated heterocycles. The molecule has 20 heavy (non-hydrogen) atoms. The van der Waals surface area contributed by atoms with Crippen molar-refractivity contribution in [2.75, 3.05) is 7.11 Å². The van der Waals surface area contributed by atoms with E-state index in [9.17, 15) is 9.90 Å². The monoisotopic (exact) mass is 272 g/mol. The van der Waals surface area contributed by atoms with Gasteiger partial charge in [0.1, 0.15) is 22.8 Å². The number of phenolic OH excluding ortho intramolecular Hbond substituents is 1. The van der Waals surface area contributed by atoms with Gasteiger partial charge in [-0.05, 0) is 37.1 Å². The fraction of sp³-hybridized carbons (Fsp3) is 0.188. The van der Waals surface area contributed by atoms with Crippen molar-refractivity contribution < 1.29 is 19.4 Å². The molecule has 0 aromatic heterocycles. The van der Waals surface area contributed by atoms with Gasteiger partial charge in [-0.3, -0.25) is 0 Å².